The summed E-state index contributed by atoms with van der Waals surface area (Å²) in [4.78, 5) is 0.624. The van der Waals surface area contributed by atoms with Gasteiger partial charge in [-0.1, -0.05) is 29.5 Å². The van der Waals surface area contributed by atoms with Crippen molar-refractivity contribution in [2.45, 2.75) is 6.42 Å². The highest BCUT2D eigenvalue weighted by molar-refractivity contribution is 7.19. The summed E-state index contributed by atoms with van der Waals surface area (Å²) in [6.45, 7) is 0. The summed E-state index contributed by atoms with van der Waals surface area (Å²) in [5.74, 6) is 1.68. The van der Waals surface area contributed by atoms with Crippen LogP contribution in [0.3, 0.4) is 0 Å². The molecule has 4 aromatic rings. The first-order valence-corrected chi connectivity index (χ1v) is 8.68. The maximum atomic E-state index is 14.0. The predicted molar refractivity (Wildman–Crippen MR) is 96.4 cm³/mol. The van der Waals surface area contributed by atoms with Crippen LogP contribution in [0, 0.1) is 5.82 Å². The second-order valence-electron chi connectivity index (χ2n) is 5.56. The van der Waals surface area contributed by atoms with Crippen LogP contribution in [-0.2, 0) is 6.42 Å². The Kier molecular flexibility index (Phi) is 4.26. The largest absolute Gasteiger partial charge is 0.493 e. The van der Waals surface area contributed by atoms with Crippen molar-refractivity contribution < 1.29 is 13.9 Å². The Morgan fingerprint density at radius 2 is 1.85 bits per heavy atom. The lowest BCUT2D eigenvalue weighted by Gasteiger charge is -2.08. The van der Waals surface area contributed by atoms with Gasteiger partial charge in [-0.15, -0.1) is 10.2 Å². The van der Waals surface area contributed by atoms with Crippen LogP contribution in [0.2, 0.25) is 0 Å². The summed E-state index contributed by atoms with van der Waals surface area (Å²) >= 11 is 1.30. The van der Waals surface area contributed by atoms with E-state index in [1.807, 2.05) is 18.2 Å². The number of rotatable bonds is 5. The van der Waals surface area contributed by atoms with Gasteiger partial charge in [0.15, 0.2) is 22.3 Å². The molecule has 8 heteroatoms. The molecular formula is C18H15FN4O2S. The third-order valence-electron chi connectivity index (χ3n) is 3.97. The Morgan fingerprint density at radius 3 is 2.62 bits per heavy atom. The predicted octanol–water partition coefficient (Wildman–Crippen LogP) is 3.60. The van der Waals surface area contributed by atoms with Gasteiger partial charge < -0.3 is 9.47 Å². The molecule has 4 rings (SSSR count). The lowest BCUT2D eigenvalue weighted by molar-refractivity contribution is 0.354. The summed E-state index contributed by atoms with van der Waals surface area (Å²) in [6.07, 6.45) is 0.516. The molecule has 0 aliphatic heterocycles. The van der Waals surface area contributed by atoms with Crippen molar-refractivity contribution in [3.05, 3.63) is 59.7 Å². The van der Waals surface area contributed by atoms with Crippen molar-refractivity contribution in [2.75, 3.05) is 14.2 Å². The molecule has 0 amide bonds. The second kappa shape index (κ2) is 6.72. The quantitative estimate of drug-likeness (QED) is 0.537. The Morgan fingerprint density at radius 1 is 1.04 bits per heavy atom. The molecule has 0 atom stereocenters. The third kappa shape index (κ3) is 2.88. The number of hydrogen-bond donors (Lipinski definition) is 0. The highest BCUT2D eigenvalue weighted by Crippen LogP contribution is 2.30. The number of benzene rings is 2. The van der Waals surface area contributed by atoms with Gasteiger partial charge in [-0.05, 0) is 29.8 Å². The normalized spacial score (nSPS) is 11.0. The van der Waals surface area contributed by atoms with Gasteiger partial charge in [-0.3, -0.25) is 0 Å². The molecule has 0 saturated carbocycles. The van der Waals surface area contributed by atoms with E-state index < -0.39 is 0 Å². The molecule has 26 heavy (non-hydrogen) atoms. The fourth-order valence-electron chi connectivity index (χ4n) is 2.68. The maximum absolute atomic E-state index is 14.0. The number of halogens is 1. The van der Waals surface area contributed by atoms with Crippen molar-refractivity contribution in [1.29, 1.82) is 0 Å². The standard InChI is InChI=1S/C18H15FN4O2S/c1-24-14-8-7-11(9-15(14)25-2)10-16-20-21-18-23(16)22-17(26-18)12-5-3-4-6-13(12)19/h3-9H,10H2,1-2H3. The first-order valence-electron chi connectivity index (χ1n) is 7.86. The first-order chi connectivity index (χ1) is 12.7. The number of nitrogens with zero attached hydrogens (tertiary/aromatic N) is 4. The molecule has 2 aromatic carbocycles. The van der Waals surface area contributed by atoms with Crippen LogP contribution in [0.4, 0.5) is 4.39 Å². The lowest BCUT2D eigenvalue weighted by Crippen LogP contribution is -1.99. The molecule has 0 aliphatic rings. The van der Waals surface area contributed by atoms with E-state index in [9.17, 15) is 4.39 Å². The van der Waals surface area contributed by atoms with Gasteiger partial charge in [0.2, 0.25) is 4.96 Å². The number of ether oxygens (including phenoxy) is 2. The SMILES string of the molecule is COc1ccc(Cc2nnc3sc(-c4ccccc4F)nn23)cc1OC. The van der Waals surface area contributed by atoms with Crippen LogP contribution in [0.25, 0.3) is 15.5 Å². The second-order valence-corrected chi connectivity index (χ2v) is 6.52. The first kappa shape index (κ1) is 16.5. The van der Waals surface area contributed by atoms with Crippen LogP contribution < -0.4 is 9.47 Å². The maximum Gasteiger partial charge on any atom is 0.234 e. The van der Waals surface area contributed by atoms with E-state index in [2.05, 4.69) is 15.3 Å². The third-order valence-corrected chi connectivity index (χ3v) is 4.90. The molecule has 6 nitrogen and oxygen atoms in total. The summed E-state index contributed by atoms with van der Waals surface area (Å²) in [6, 6.07) is 12.2. The summed E-state index contributed by atoms with van der Waals surface area (Å²) in [7, 11) is 3.19. The molecular weight excluding hydrogens is 355 g/mol. The smallest absolute Gasteiger partial charge is 0.234 e. The van der Waals surface area contributed by atoms with Gasteiger partial charge in [0, 0.05) is 12.0 Å². The van der Waals surface area contributed by atoms with Crippen molar-refractivity contribution in [1.82, 2.24) is 19.8 Å². The molecule has 132 valence electrons. The Hall–Kier alpha value is -3.00. The molecule has 0 aliphatic carbocycles. The molecule has 0 N–H and O–H groups in total. The van der Waals surface area contributed by atoms with Crippen LogP contribution in [-0.4, -0.2) is 34.0 Å². The average Bonchev–Trinajstić information content (AvgIpc) is 3.24. The minimum atomic E-state index is -0.307. The Bertz CT molecular complexity index is 1080. The van der Waals surface area contributed by atoms with E-state index in [0.717, 1.165) is 5.56 Å². The molecule has 0 unspecified atom stereocenters. The molecule has 0 spiro atoms. The van der Waals surface area contributed by atoms with Crippen molar-refractivity contribution >= 4 is 16.3 Å². The molecule has 2 aromatic heterocycles. The highest BCUT2D eigenvalue weighted by Gasteiger charge is 2.16. The number of hydrogen-bond acceptors (Lipinski definition) is 6. The van der Waals surface area contributed by atoms with Crippen LogP contribution >= 0.6 is 11.3 Å². The molecule has 2 heterocycles. The van der Waals surface area contributed by atoms with Gasteiger partial charge in [-0.25, -0.2) is 4.39 Å². The monoisotopic (exact) mass is 370 g/mol. The van der Waals surface area contributed by atoms with Gasteiger partial charge in [0.1, 0.15) is 5.82 Å². The minimum absolute atomic E-state index is 0.307. The van der Waals surface area contributed by atoms with Crippen LogP contribution in [0.5, 0.6) is 11.5 Å². The van der Waals surface area contributed by atoms with Crippen molar-refractivity contribution in [3.63, 3.8) is 0 Å². The highest BCUT2D eigenvalue weighted by atomic mass is 32.1. The van der Waals surface area contributed by atoms with E-state index in [1.54, 1.807) is 36.9 Å². The van der Waals surface area contributed by atoms with E-state index in [0.29, 0.717) is 39.3 Å². The zero-order valence-electron chi connectivity index (χ0n) is 14.1. The summed E-state index contributed by atoms with van der Waals surface area (Å²) < 4.78 is 26.3. The topological polar surface area (TPSA) is 61.5 Å². The van der Waals surface area contributed by atoms with Crippen molar-refractivity contribution in [3.8, 4) is 22.1 Å². The summed E-state index contributed by atoms with van der Waals surface area (Å²) in [5.41, 5.74) is 1.44. The molecule has 0 radical (unpaired) electrons. The lowest BCUT2D eigenvalue weighted by atomic mass is 10.1. The molecule has 0 saturated heterocycles. The minimum Gasteiger partial charge on any atom is -0.493 e. The Labute approximate surface area is 152 Å². The number of aromatic nitrogens is 4. The van der Waals surface area contributed by atoms with Gasteiger partial charge in [0.05, 0.1) is 14.2 Å². The number of fused-ring (bicyclic) bond motifs is 1. The zero-order valence-corrected chi connectivity index (χ0v) is 15.0. The molecule has 0 bridgehead atoms. The van der Waals surface area contributed by atoms with E-state index in [-0.39, 0.29) is 5.82 Å². The van der Waals surface area contributed by atoms with Gasteiger partial charge in [-0.2, -0.15) is 9.61 Å². The van der Waals surface area contributed by atoms with E-state index in [4.69, 9.17) is 9.47 Å². The van der Waals surface area contributed by atoms with Crippen LogP contribution in [0.1, 0.15) is 11.4 Å². The van der Waals surface area contributed by atoms with Gasteiger partial charge in [0.25, 0.3) is 0 Å². The number of methoxy groups -OCH3 is 2. The summed E-state index contributed by atoms with van der Waals surface area (Å²) in [5, 5.41) is 13.4. The Balaban J connectivity index is 1.69. The van der Waals surface area contributed by atoms with E-state index >= 15 is 0 Å². The fourth-order valence-corrected chi connectivity index (χ4v) is 3.57. The molecule has 0 fully saturated rings. The van der Waals surface area contributed by atoms with Crippen LogP contribution in [0.15, 0.2) is 42.5 Å². The van der Waals surface area contributed by atoms with Crippen molar-refractivity contribution in [2.24, 2.45) is 0 Å². The average molecular weight is 370 g/mol. The zero-order chi connectivity index (χ0) is 18.1. The fraction of sp³-hybridized carbons (Fsp3) is 0.167. The van der Waals surface area contributed by atoms with E-state index in [1.165, 1.54) is 17.4 Å². The van der Waals surface area contributed by atoms with Gasteiger partial charge >= 0.3 is 0 Å².